The summed E-state index contributed by atoms with van der Waals surface area (Å²) in [6, 6.07) is 13.9. The van der Waals surface area contributed by atoms with Crippen LogP contribution in [0, 0.1) is 0 Å². The van der Waals surface area contributed by atoms with Gasteiger partial charge in [0.25, 0.3) is 0 Å². The van der Waals surface area contributed by atoms with Crippen molar-refractivity contribution in [2.75, 3.05) is 13.2 Å². The van der Waals surface area contributed by atoms with Crippen LogP contribution in [-0.4, -0.2) is 29.0 Å². The molecule has 0 aliphatic heterocycles. The van der Waals surface area contributed by atoms with Gasteiger partial charge in [0.1, 0.15) is 22.5 Å². The maximum Gasteiger partial charge on any atom is 0.136 e. The minimum atomic E-state index is -0.733. The Labute approximate surface area is 138 Å². The molecule has 0 bridgehead atoms. The fourth-order valence-electron chi connectivity index (χ4n) is 2.86. The van der Waals surface area contributed by atoms with E-state index < -0.39 is 5.54 Å². The molecule has 2 aromatic heterocycles. The second-order valence-electron chi connectivity index (χ2n) is 6.43. The molecule has 0 aliphatic carbocycles. The van der Waals surface area contributed by atoms with E-state index in [2.05, 4.69) is 5.32 Å². The number of fused-ring (bicyclic) bond motifs is 4. The Bertz CT molecular complexity index is 1010. The molecule has 24 heavy (non-hydrogen) atoms. The van der Waals surface area contributed by atoms with Crippen molar-refractivity contribution >= 4 is 32.9 Å². The smallest absolute Gasteiger partial charge is 0.136 e. The van der Waals surface area contributed by atoms with Crippen molar-refractivity contribution in [2.45, 2.75) is 19.0 Å². The maximum atomic E-state index is 9.34. The van der Waals surface area contributed by atoms with Crippen molar-refractivity contribution in [3.63, 3.8) is 0 Å². The first-order valence-electron chi connectivity index (χ1n) is 7.92. The van der Waals surface area contributed by atoms with E-state index in [1.54, 1.807) is 6.92 Å². The van der Waals surface area contributed by atoms with Gasteiger partial charge in [0.05, 0.1) is 25.3 Å². The number of hydrogen-bond donors (Lipinski definition) is 3. The fourth-order valence-corrected chi connectivity index (χ4v) is 2.86. The van der Waals surface area contributed by atoms with Gasteiger partial charge in [-0.15, -0.1) is 0 Å². The molecule has 0 saturated heterocycles. The largest absolute Gasteiger partial charge is 0.460 e. The SMILES string of the molecule is CC(CO)(CO)NCc1cc2cc3oc4ccccc4c3cc2o1. The van der Waals surface area contributed by atoms with Crippen LogP contribution < -0.4 is 5.32 Å². The summed E-state index contributed by atoms with van der Waals surface area (Å²) in [7, 11) is 0. The Morgan fingerprint density at radius 2 is 1.71 bits per heavy atom. The number of rotatable bonds is 5. The van der Waals surface area contributed by atoms with E-state index in [1.165, 1.54) is 0 Å². The predicted octanol–water partition coefficient (Wildman–Crippen LogP) is 3.17. The molecule has 0 fully saturated rings. The molecular formula is C19H19NO4. The Morgan fingerprint density at radius 1 is 0.917 bits per heavy atom. The molecule has 4 aromatic rings. The molecular weight excluding hydrogens is 306 g/mol. The molecule has 124 valence electrons. The summed E-state index contributed by atoms with van der Waals surface area (Å²) in [5.74, 6) is 0.745. The molecule has 0 saturated carbocycles. The number of para-hydroxylation sites is 1. The molecule has 0 amide bonds. The Kier molecular flexibility index (Phi) is 3.57. The monoisotopic (exact) mass is 325 g/mol. The number of furan rings is 2. The first-order chi connectivity index (χ1) is 11.6. The zero-order valence-electron chi connectivity index (χ0n) is 13.4. The van der Waals surface area contributed by atoms with Crippen LogP contribution in [-0.2, 0) is 6.54 Å². The molecule has 2 heterocycles. The Morgan fingerprint density at radius 3 is 2.50 bits per heavy atom. The third kappa shape index (κ3) is 2.47. The number of nitrogens with one attached hydrogen (secondary N) is 1. The highest BCUT2D eigenvalue weighted by molar-refractivity contribution is 6.09. The maximum absolute atomic E-state index is 9.34. The van der Waals surface area contributed by atoms with E-state index >= 15 is 0 Å². The quantitative estimate of drug-likeness (QED) is 0.525. The van der Waals surface area contributed by atoms with Crippen LogP contribution in [0.3, 0.4) is 0 Å². The molecule has 5 heteroatoms. The van der Waals surface area contributed by atoms with Gasteiger partial charge in [0.15, 0.2) is 0 Å². The van der Waals surface area contributed by atoms with E-state index in [4.69, 9.17) is 8.83 Å². The molecule has 0 unspecified atom stereocenters. The van der Waals surface area contributed by atoms with Gasteiger partial charge >= 0.3 is 0 Å². The zero-order valence-corrected chi connectivity index (χ0v) is 13.4. The number of hydrogen-bond acceptors (Lipinski definition) is 5. The Balaban J connectivity index is 1.72. The minimum absolute atomic E-state index is 0.150. The average Bonchev–Trinajstić information content (AvgIpc) is 3.17. The van der Waals surface area contributed by atoms with E-state index in [1.807, 2.05) is 42.5 Å². The van der Waals surface area contributed by atoms with Gasteiger partial charge < -0.3 is 24.4 Å². The van der Waals surface area contributed by atoms with Gasteiger partial charge in [-0.25, -0.2) is 0 Å². The molecule has 0 spiro atoms. The van der Waals surface area contributed by atoms with Gasteiger partial charge in [-0.2, -0.15) is 0 Å². The predicted molar refractivity (Wildman–Crippen MR) is 92.9 cm³/mol. The lowest BCUT2D eigenvalue weighted by Crippen LogP contribution is -2.48. The van der Waals surface area contributed by atoms with E-state index in [-0.39, 0.29) is 13.2 Å². The second kappa shape index (κ2) is 5.63. The molecule has 4 rings (SSSR count). The van der Waals surface area contributed by atoms with E-state index in [0.29, 0.717) is 6.54 Å². The van der Waals surface area contributed by atoms with E-state index in [0.717, 1.165) is 38.7 Å². The van der Waals surface area contributed by atoms with Crippen molar-refractivity contribution in [1.29, 1.82) is 0 Å². The molecule has 0 aliphatic rings. The van der Waals surface area contributed by atoms with Gasteiger partial charge in [0.2, 0.25) is 0 Å². The lowest BCUT2D eigenvalue weighted by atomic mass is 10.1. The first-order valence-corrected chi connectivity index (χ1v) is 7.92. The van der Waals surface area contributed by atoms with Crippen molar-refractivity contribution in [2.24, 2.45) is 0 Å². The van der Waals surface area contributed by atoms with Crippen molar-refractivity contribution in [3.8, 4) is 0 Å². The molecule has 3 N–H and O–H groups in total. The van der Waals surface area contributed by atoms with Crippen LogP contribution >= 0.6 is 0 Å². The molecule has 0 radical (unpaired) electrons. The summed E-state index contributed by atoms with van der Waals surface area (Å²) in [5, 5.41) is 24.9. The van der Waals surface area contributed by atoms with Gasteiger partial charge in [0, 0.05) is 16.2 Å². The van der Waals surface area contributed by atoms with E-state index in [9.17, 15) is 10.2 Å². The summed E-state index contributed by atoms with van der Waals surface area (Å²) >= 11 is 0. The third-order valence-electron chi connectivity index (χ3n) is 4.45. The summed E-state index contributed by atoms with van der Waals surface area (Å²) in [6.45, 7) is 1.88. The lowest BCUT2D eigenvalue weighted by Gasteiger charge is -2.25. The molecule has 0 atom stereocenters. The highest BCUT2D eigenvalue weighted by Gasteiger charge is 2.22. The summed E-state index contributed by atoms with van der Waals surface area (Å²) in [6.07, 6.45) is 0. The standard InChI is InChI=1S/C19H19NO4/c1-19(10-21,11-22)20-9-13-6-12-7-18-15(8-17(12)23-13)14-4-2-3-5-16(14)24-18/h2-8,20-22H,9-11H2,1H3. The number of benzene rings is 2. The molecule has 5 nitrogen and oxygen atoms in total. The van der Waals surface area contributed by atoms with Gasteiger partial charge in [-0.05, 0) is 31.2 Å². The normalized spacial score (nSPS) is 12.6. The summed E-state index contributed by atoms with van der Waals surface area (Å²) in [4.78, 5) is 0. The zero-order chi connectivity index (χ0) is 16.7. The first kappa shape index (κ1) is 15.2. The van der Waals surface area contributed by atoms with Crippen LogP contribution in [0.1, 0.15) is 12.7 Å². The fraction of sp³-hybridized carbons (Fsp3) is 0.263. The van der Waals surface area contributed by atoms with Crippen LogP contribution in [0.2, 0.25) is 0 Å². The summed E-state index contributed by atoms with van der Waals surface area (Å²) < 4.78 is 11.8. The summed E-state index contributed by atoms with van der Waals surface area (Å²) in [5.41, 5.74) is 1.76. The van der Waals surface area contributed by atoms with Crippen molar-refractivity contribution < 1.29 is 19.0 Å². The van der Waals surface area contributed by atoms with Gasteiger partial charge in [-0.3, -0.25) is 0 Å². The van der Waals surface area contributed by atoms with Crippen molar-refractivity contribution in [3.05, 3.63) is 48.2 Å². The Hall–Kier alpha value is -2.34. The highest BCUT2D eigenvalue weighted by atomic mass is 16.3. The highest BCUT2D eigenvalue weighted by Crippen LogP contribution is 2.33. The molecule has 2 aromatic carbocycles. The van der Waals surface area contributed by atoms with Crippen LogP contribution in [0.4, 0.5) is 0 Å². The third-order valence-corrected chi connectivity index (χ3v) is 4.45. The topological polar surface area (TPSA) is 78.8 Å². The second-order valence-corrected chi connectivity index (χ2v) is 6.43. The minimum Gasteiger partial charge on any atom is -0.460 e. The van der Waals surface area contributed by atoms with Crippen LogP contribution in [0.5, 0.6) is 0 Å². The number of aliphatic hydroxyl groups is 2. The lowest BCUT2D eigenvalue weighted by molar-refractivity contribution is 0.101. The van der Waals surface area contributed by atoms with Crippen molar-refractivity contribution in [1.82, 2.24) is 5.32 Å². The van der Waals surface area contributed by atoms with Gasteiger partial charge in [-0.1, -0.05) is 18.2 Å². The number of aliphatic hydroxyl groups excluding tert-OH is 2. The van der Waals surface area contributed by atoms with Crippen LogP contribution in [0.15, 0.2) is 51.3 Å². The average molecular weight is 325 g/mol. The van der Waals surface area contributed by atoms with Crippen LogP contribution in [0.25, 0.3) is 32.9 Å².